The van der Waals surface area contributed by atoms with Gasteiger partial charge in [0, 0.05) is 6.54 Å². The van der Waals surface area contributed by atoms with Crippen LogP contribution < -0.4 is 10.6 Å². The number of halogens is 3. The van der Waals surface area contributed by atoms with Crippen LogP contribution in [0.25, 0.3) is 0 Å². The van der Waals surface area contributed by atoms with Crippen LogP contribution in [0.4, 0.5) is 13.2 Å². The fourth-order valence-electron chi connectivity index (χ4n) is 1.29. The molecule has 0 saturated carbocycles. The lowest BCUT2D eigenvalue weighted by molar-refractivity contribution is -0.146. The largest absolute Gasteiger partial charge is 0.467 e. The van der Waals surface area contributed by atoms with Crippen molar-refractivity contribution in [2.45, 2.75) is 18.7 Å². The molecule has 2 amide bonds. The molecule has 112 valence electrons. The van der Waals surface area contributed by atoms with Gasteiger partial charge in [-0.1, -0.05) is 0 Å². The van der Waals surface area contributed by atoms with E-state index in [2.05, 4.69) is 5.32 Å². The summed E-state index contributed by atoms with van der Waals surface area (Å²) in [6.07, 6.45) is -4.12. The fourth-order valence-corrected chi connectivity index (χ4v) is 1.29. The lowest BCUT2D eigenvalue weighted by Crippen LogP contribution is -2.43. The summed E-state index contributed by atoms with van der Waals surface area (Å²) >= 11 is 0. The zero-order chi connectivity index (χ0) is 15.2. The summed E-state index contributed by atoms with van der Waals surface area (Å²) in [4.78, 5) is 22.1. The molecule has 1 heterocycles. The van der Waals surface area contributed by atoms with Crippen LogP contribution in [0.3, 0.4) is 0 Å². The Morgan fingerprint density at radius 2 is 1.95 bits per heavy atom. The predicted octanol–water partition coefficient (Wildman–Crippen LogP) is 0.498. The van der Waals surface area contributed by atoms with Gasteiger partial charge in [0.1, 0.15) is 18.4 Å². The standard InChI is InChI=1S/C11H13F3N2O4/c12-11(13,14)6-16-10(19)9(18)15-4-3-7(17)8-2-1-5-20-8/h1-2,5,7,17H,3-4,6H2,(H,15,18)(H,16,19)/t7-/m1/s1. The van der Waals surface area contributed by atoms with Gasteiger partial charge < -0.3 is 20.2 Å². The van der Waals surface area contributed by atoms with Crippen LogP contribution in [0.15, 0.2) is 22.8 Å². The Hall–Kier alpha value is -2.03. The molecule has 0 aliphatic rings. The van der Waals surface area contributed by atoms with Gasteiger partial charge in [0.2, 0.25) is 0 Å². The van der Waals surface area contributed by atoms with Gasteiger partial charge in [-0.3, -0.25) is 9.59 Å². The number of hydrogen-bond donors (Lipinski definition) is 3. The van der Waals surface area contributed by atoms with Crippen molar-refractivity contribution in [1.82, 2.24) is 10.6 Å². The zero-order valence-electron chi connectivity index (χ0n) is 10.2. The summed E-state index contributed by atoms with van der Waals surface area (Å²) in [5.74, 6) is -2.28. The number of hydrogen-bond acceptors (Lipinski definition) is 4. The van der Waals surface area contributed by atoms with Crippen molar-refractivity contribution in [3.63, 3.8) is 0 Å². The molecule has 3 N–H and O–H groups in total. The molecule has 20 heavy (non-hydrogen) atoms. The summed E-state index contributed by atoms with van der Waals surface area (Å²) in [6.45, 7) is -1.66. The number of carbonyl (C=O) groups excluding carboxylic acids is 2. The fraction of sp³-hybridized carbons (Fsp3) is 0.455. The van der Waals surface area contributed by atoms with E-state index in [0.29, 0.717) is 5.76 Å². The summed E-state index contributed by atoms with van der Waals surface area (Å²) in [7, 11) is 0. The molecular weight excluding hydrogens is 281 g/mol. The molecule has 0 bridgehead atoms. The Balaban J connectivity index is 2.24. The second kappa shape index (κ2) is 6.94. The van der Waals surface area contributed by atoms with E-state index in [4.69, 9.17) is 4.42 Å². The number of aliphatic hydroxyl groups is 1. The molecule has 0 saturated heterocycles. The Kier molecular flexibility index (Phi) is 5.56. The third-order valence-electron chi connectivity index (χ3n) is 2.23. The van der Waals surface area contributed by atoms with E-state index in [1.54, 1.807) is 6.07 Å². The Morgan fingerprint density at radius 1 is 1.30 bits per heavy atom. The smallest absolute Gasteiger partial charge is 0.405 e. The predicted molar refractivity (Wildman–Crippen MR) is 60.4 cm³/mol. The first-order valence-corrected chi connectivity index (χ1v) is 5.64. The molecule has 6 nitrogen and oxygen atoms in total. The van der Waals surface area contributed by atoms with Crippen LogP contribution in [0, 0.1) is 0 Å². The van der Waals surface area contributed by atoms with Crippen LogP contribution in [0.5, 0.6) is 0 Å². The second-order valence-electron chi connectivity index (χ2n) is 3.87. The summed E-state index contributed by atoms with van der Waals surface area (Å²) in [5.41, 5.74) is 0. The average Bonchev–Trinajstić information content (AvgIpc) is 2.88. The highest BCUT2D eigenvalue weighted by Gasteiger charge is 2.29. The third-order valence-corrected chi connectivity index (χ3v) is 2.23. The van der Waals surface area contributed by atoms with E-state index in [9.17, 15) is 27.9 Å². The Bertz CT molecular complexity index is 445. The van der Waals surface area contributed by atoms with Crippen LogP contribution in [0.1, 0.15) is 18.3 Å². The van der Waals surface area contributed by atoms with E-state index in [-0.39, 0.29) is 13.0 Å². The van der Waals surface area contributed by atoms with Gasteiger partial charge >= 0.3 is 18.0 Å². The quantitative estimate of drug-likeness (QED) is 0.690. The number of rotatable bonds is 5. The van der Waals surface area contributed by atoms with Crippen LogP contribution in [-0.2, 0) is 9.59 Å². The average molecular weight is 294 g/mol. The van der Waals surface area contributed by atoms with Gasteiger partial charge in [-0.25, -0.2) is 0 Å². The van der Waals surface area contributed by atoms with Crippen molar-refractivity contribution < 1.29 is 32.3 Å². The van der Waals surface area contributed by atoms with E-state index < -0.39 is 30.6 Å². The molecule has 0 aromatic carbocycles. The molecule has 0 radical (unpaired) electrons. The molecule has 0 aliphatic carbocycles. The molecule has 1 aromatic heterocycles. The third kappa shape index (κ3) is 5.74. The number of furan rings is 1. The van der Waals surface area contributed by atoms with Crippen LogP contribution in [-0.4, -0.2) is 36.2 Å². The summed E-state index contributed by atoms with van der Waals surface area (Å²) in [6, 6.07) is 3.10. The van der Waals surface area contributed by atoms with Gasteiger partial charge in [-0.05, 0) is 18.6 Å². The molecule has 1 atom stereocenters. The van der Waals surface area contributed by atoms with Crippen molar-refractivity contribution in [2.75, 3.05) is 13.1 Å². The minimum Gasteiger partial charge on any atom is -0.467 e. The topological polar surface area (TPSA) is 91.6 Å². The first kappa shape index (κ1) is 16.0. The molecule has 0 aliphatic heterocycles. The highest BCUT2D eigenvalue weighted by Crippen LogP contribution is 2.15. The molecule has 1 rings (SSSR count). The zero-order valence-corrected chi connectivity index (χ0v) is 10.2. The summed E-state index contributed by atoms with van der Waals surface area (Å²) < 4.78 is 40.3. The Morgan fingerprint density at radius 3 is 2.50 bits per heavy atom. The normalized spacial score (nSPS) is 12.8. The van der Waals surface area contributed by atoms with E-state index in [0.717, 1.165) is 0 Å². The molecule has 0 unspecified atom stereocenters. The number of nitrogens with one attached hydrogen (secondary N) is 2. The minimum atomic E-state index is -4.58. The SMILES string of the molecule is O=C(NCC[C@@H](O)c1ccco1)C(=O)NCC(F)(F)F. The number of amides is 2. The number of alkyl halides is 3. The van der Waals surface area contributed by atoms with Crippen LogP contribution >= 0.6 is 0 Å². The lowest BCUT2D eigenvalue weighted by Gasteiger charge is -2.10. The number of carbonyl (C=O) groups is 2. The van der Waals surface area contributed by atoms with Crippen LogP contribution in [0.2, 0.25) is 0 Å². The molecule has 9 heteroatoms. The highest BCUT2D eigenvalue weighted by molar-refractivity contribution is 6.35. The first-order valence-electron chi connectivity index (χ1n) is 5.64. The van der Waals surface area contributed by atoms with Crippen molar-refractivity contribution in [3.05, 3.63) is 24.2 Å². The van der Waals surface area contributed by atoms with E-state index in [1.165, 1.54) is 17.6 Å². The van der Waals surface area contributed by atoms with Gasteiger partial charge in [0.25, 0.3) is 0 Å². The lowest BCUT2D eigenvalue weighted by atomic mass is 10.2. The van der Waals surface area contributed by atoms with E-state index in [1.807, 2.05) is 0 Å². The summed E-state index contributed by atoms with van der Waals surface area (Å²) in [5, 5.41) is 13.1. The van der Waals surface area contributed by atoms with Gasteiger partial charge in [0.05, 0.1) is 6.26 Å². The minimum absolute atomic E-state index is 0.0613. The van der Waals surface area contributed by atoms with E-state index >= 15 is 0 Å². The second-order valence-corrected chi connectivity index (χ2v) is 3.87. The maximum atomic E-state index is 11.8. The first-order chi connectivity index (χ1) is 9.29. The van der Waals surface area contributed by atoms with Gasteiger partial charge in [-0.15, -0.1) is 0 Å². The highest BCUT2D eigenvalue weighted by atomic mass is 19.4. The maximum Gasteiger partial charge on any atom is 0.405 e. The molecule has 0 fully saturated rings. The van der Waals surface area contributed by atoms with Crippen molar-refractivity contribution in [3.8, 4) is 0 Å². The maximum absolute atomic E-state index is 11.8. The molecule has 1 aromatic rings. The number of aliphatic hydroxyl groups excluding tert-OH is 1. The van der Waals surface area contributed by atoms with Gasteiger partial charge in [0.15, 0.2) is 0 Å². The molecule has 0 spiro atoms. The van der Waals surface area contributed by atoms with Gasteiger partial charge in [-0.2, -0.15) is 13.2 Å². The monoisotopic (exact) mass is 294 g/mol. The molecular formula is C11H13F3N2O4. The van der Waals surface area contributed by atoms with Crippen molar-refractivity contribution in [2.24, 2.45) is 0 Å². The van der Waals surface area contributed by atoms with Crippen molar-refractivity contribution in [1.29, 1.82) is 0 Å². The van der Waals surface area contributed by atoms with Crippen molar-refractivity contribution >= 4 is 11.8 Å². The Labute approximate surface area is 111 Å².